The quantitative estimate of drug-likeness (QED) is 0.372. The van der Waals surface area contributed by atoms with Crippen molar-refractivity contribution in [3.05, 3.63) is 12.7 Å². The molecule has 168 valence electrons. The van der Waals surface area contributed by atoms with Crippen LogP contribution in [0.4, 0.5) is 5.82 Å². The third-order valence-corrected chi connectivity index (χ3v) is 8.06. The predicted octanol–water partition coefficient (Wildman–Crippen LogP) is -1.14. The Morgan fingerprint density at radius 1 is 1.30 bits per heavy atom. The average molecular weight is 487 g/mol. The van der Waals surface area contributed by atoms with Crippen molar-refractivity contribution in [2.75, 3.05) is 19.0 Å². The molecule has 0 amide bonds. The van der Waals surface area contributed by atoms with Crippen LogP contribution in [0.5, 0.6) is 0 Å². The molecule has 3 heterocycles. The van der Waals surface area contributed by atoms with Gasteiger partial charge in [-0.15, -0.1) is 0 Å². The molecule has 6 atom stereocenters. The van der Waals surface area contributed by atoms with Gasteiger partial charge in [-0.3, -0.25) is 18.3 Å². The second kappa shape index (κ2) is 8.34. The third-order valence-electron chi connectivity index (χ3n) is 3.83. The molecule has 2 aromatic heterocycles. The van der Waals surface area contributed by atoms with Crippen molar-refractivity contribution in [2.45, 2.75) is 24.9 Å². The second-order valence-electron chi connectivity index (χ2n) is 6.16. The van der Waals surface area contributed by atoms with E-state index in [0.717, 1.165) is 6.66 Å². The lowest BCUT2D eigenvalue weighted by Crippen LogP contribution is -2.26. The van der Waals surface area contributed by atoms with E-state index in [1.807, 2.05) is 0 Å². The van der Waals surface area contributed by atoms with Crippen LogP contribution in [-0.2, 0) is 31.6 Å². The van der Waals surface area contributed by atoms with Crippen molar-refractivity contribution in [3.63, 3.8) is 0 Å². The van der Waals surface area contributed by atoms with Gasteiger partial charge in [0.15, 0.2) is 11.5 Å². The van der Waals surface area contributed by atoms with E-state index in [0.29, 0.717) is 11.2 Å². The number of hydrogen-bond acceptors (Lipinski definition) is 14. The molecule has 0 radical (unpaired) electrons. The Morgan fingerprint density at radius 3 is 2.67 bits per heavy atom. The van der Waals surface area contributed by atoms with Crippen molar-refractivity contribution < 1.29 is 51.4 Å². The number of fused-ring (bicyclic) bond motifs is 1. The smallest absolute Gasteiger partial charge is 0.334 e. The second-order valence-corrected chi connectivity index (χ2v) is 11.1. The maximum atomic E-state index is 12.1. The van der Waals surface area contributed by atoms with Gasteiger partial charge in [0, 0.05) is 13.1 Å². The molecule has 0 saturated carbocycles. The number of ether oxygens (including phenoxy) is 1. The molecule has 3 rings (SSSR count). The van der Waals surface area contributed by atoms with E-state index in [9.17, 15) is 28.6 Å². The normalized spacial score (nSPS) is 28.1. The summed E-state index contributed by atoms with van der Waals surface area (Å²) in [5.74, 6) is 0.149. The molecule has 2 aromatic rings. The van der Waals surface area contributed by atoms with Crippen LogP contribution in [0.3, 0.4) is 0 Å². The van der Waals surface area contributed by atoms with Gasteiger partial charge in [-0.25, -0.2) is 23.6 Å². The number of phosphoric acid groups is 2. The number of aromatic nitrogens is 4. The van der Waals surface area contributed by atoms with Crippen molar-refractivity contribution in [3.8, 4) is 0 Å². The number of nitrogens with zero attached hydrogens (tertiary/aromatic N) is 4. The van der Waals surface area contributed by atoms with Crippen LogP contribution in [0.1, 0.15) is 12.6 Å². The maximum absolute atomic E-state index is 12.1. The number of rotatable bonds is 8. The molecular formula is C11H16N5O11P3-2. The Bertz CT molecular complexity index is 1070. The highest BCUT2D eigenvalue weighted by molar-refractivity contribution is 7.67. The van der Waals surface area contributed by atoms with Gasteiger partial charge in [0.1, 0.15) is 24.2 Å². The van der Waals surface area contributed by atoms with Gasteiger partial charge in [0.25, 0.3) is 15.6 Å². The first-order valence-corrected chi connectivity index (χ1v) is 13.0. The number of aliphatic hydroxyl groups is 1. The maximum Gasteiger partial charge on any atom is 0.334 e. The lowest BCUT2D eigenvalue weighted by atomic mass is 10.2. The van der Waals surface area contributed by atoms with Crippen LogP contribution >= 0.6 is 23.2 Å². The summed E-state index contributed by atoms with van der Waals surface area (Å²) >= 11 is 0. The Labute approximate surface area is 168 Å². The van der Waals surface area contributed by atoms with Gasteiger partial charge in [-0.1, -0.05) is 0 Å². The first kappa shape index (κ1) is 23.4. The van der Waals surface area contributed by atoms with Crippen molar-refractivity contribution in [2.24, 2.45) is 0 Å². The Morgan fingerprint density at radius 2 is 2.00 bits per heavy atom. The van der Waals surface area contributed by atoms with Gasteiger partial charge in [0.05, 0.1) is 19.0 Å². The minimum atomic E-state index is -5.70. The molecule has 1 aliphatic rings. The Kier molecular flexibility index (Phi) is 6.50. The van der Waals surface area contributed by atoms with E-state index < -0.39 is 48.3 Å². The van der Waals surface area contributed by atoms with Gasteiger partial charge < -0.3 is 34.8 Å². The molecular weight excluding hydrogens is 471 g/mol. The van der Waals surface area contributed by atoms with E-state index in [2.05, 4.69) is 23.6 Å². The number of nitrogens with two attached hydrogens (primary N) is 1. The van der Waals surface area contributed by atoms with Crippen LogP contribution in [0.25, 0.3) is 11.2 Å². The Hall–Kier alpha value is -1.28. The zero-order chi connectivity index (χ0) is 22.3. The SMILES string of the molecule is CP(=O)(OC[C@H]1O[C@@H](n2cnc3c(N)ncnc32)CC1O)OP(=O)([O-])OP(=O)([O-])O. The molecule has 1 saturated heterocycles. The van der Waals surface area contributed by atoms with Crippen molar-refractivity contribution >= 4 is 40.2 Å². The highest BCUT2D eigenvalue weighted by atomic mass is 31.3. The fraction of sp³-hybridized carbons (Fsp3) is 0.545. The van der Waals surface area contributed by atoms with Crippen LogP contribution in [0.2, 0.25) is 0 Å². The predicted molar refractivity (Wildman–Crippen MR) is 93.4 cm³/mol. The monoisotopic (exact) mass is 487 g/mol. The van der Waals surface area contributed by atoms with E-state index >= 15 is 0 Å². The summed E-state index contributed by atoms with van der Waals surface area (Å²) in [6.45, 7) is 0.138. The molecule has 19 heteroatoms. The fourth-order valence-electron chi connectivity index (χ4n) is 2.67. The summed E-state index contributed by atoms with van der Waals surface area (Å²) in [6, 6.07) is 0. The fourth-order valence-corrected chi connectivity index (χ4v) is 6.13. The average Bonchev–Trinajstić information content (AvgIpc) is 3.14. The van der Waals surface area contributed by atoms with Crippen LogP contribution in [0, 0.1) is 0 Å². The molecule has 30 heavy (non-hydrogen) atoms. The molecule has 1 aliphatic heterocycles. The molecule has 4 unspecified atom stereocenters. The summed E-state index contributed by atoms with van der Waals surface area (Å²) in [6.07, 6.45) is -0.251. The summed E-state index contributed by atoms with van der Waals surface area (Å²) in [7, 11) is -15.8. The summed E-state index contributed by atoms with van der Waals surface area (Å²) in [4.78, 5) is 42.2. The minimum Gasteiger partial charge on any atom is -0.756 e. The molecule has 16 nitrogen and oxygen atoms in total. The van der Waals surface area contributed by atoms with Gasteiger partial charge in [-0.2, -0.15) is 0 Å². The number of hydrogen-bond donors (Lipinski definition) is 3. The molecule has 0 aliphatic carbocycles. The van der Waals surface area contributed by atoms with E-state index in [4.69, 9.17) is 19.9 Å². The van der Waals surface area contributed by atoms with Crippen LogP contribution < -0.4 is 15.5 Å². The number of aliphatic hydroxyl groups excluding tert-OH is 1. The Balaban J connectivity index is 1.64. The largest absolute Gasteiger partial charge is 0.756 e. The molecule has 0 bridgehead atoms. The topological polar surface area (TPSA) is 244 Å². The molecule has 1 fully saturated rings. The van der Waals surface area contributed by atoms with Crippen molar-refractivity contribution in [1.82, 2.24) is 19.5 Å². The van der Waals surface area contributed by atoms with E-state index in [-0.39, 0.29) is 12.2 Å². The summed E-state index contributed by atoms with van der Waals surface area (Å²) in [5.41, 5.74) is 6.39. The zero-order valence-corrected chi connectivity index (χ0v) is 17.8. The number of imidazole rings is 1. The third kappa shape index (κ3) is 5.69. The van der Waals surface area contributed by atoms with Crippen LogP contribution in [0.15, 0.2) is 12.7 Å². The molecule has 0 spiro atoms. The van der Waals surface area contributed by atoms with Gasteiger partial charge >= 0.3 is 7.60 Å². The standard InChI is InChI=1S/C11H18N5O11P3/c1-28(18,26-30(22,23)27-29(19,20)21)24-3-7-6(17)2-8(25-7)16-5-15-9-10(12)13-4-14-11(9)16/h4-8,17H,2-3H2,1H3,(H,22,23)(H2,12,13,14)(H2,19,20,21)/p-2/t6?,7-,8-,28?/m1/s1. The zero-order valence-electron chi connectivity index (χ0n) is 15.1. The highest BCUT2D eigenvalue weighted by Gasteiger charge is 2.38. The summed E-state index contributed by atoms with van der Waals surface area (Å²) < 4.78 is 53.4. The number of anilines is 1. The minimum absolute atomic E-state index is 0.0608. The van der Waals surface area contributed by atoms with Crippen LogP contribution in [-0.4, -0.2) is 55.0 Å². The van der Waals surface area contributed by atoms with Gasteiger partial charge in [-0.05, 0) is 0 Å². The van der Waals surface area contributed by atoms with Gasteiger partial charge in [0.2, 0.25) is 0 Å². The first-order chi connectivity index (χ1) is 13.8. The highest BCUT2D eigenvalue weighted by Crippen LogP contribution is 2.63. The number of nitrogen functional groups attached to an aromatic ring is 1. The summed E-state index contributed by atoms with van der Waals surface area (Å²) in [5, 5.41) is 10.2. The first-order valence-electron chi connectivity index (χ1n) is 8.02. The molecule has 4 N–H and O–H groups in total. The lowest BCUT2D eigenvalue weighted by Gasteiger charge is -2.29. The molecule has 0 aromatic carbocycles. The van der Waals surface area contributed by atoms with E-state index in [1.54, 1.807) is 0 Å². The van der Waals surface area contributed by atoms with Crippen molar-refractivity contribution in [1.29, 1.82) is 0 Å². The van der Waals surface area contributed by atoms with E-state index in [1.165, 1.54) is 17.2 Å². The lowest BCUT2D eigenvalue weighted by molar-refractivity contribution is -0.236.